The number of ketones is 1. The molecule has 0 amide bonds. The van der Waals surface area contributed by atoms with E-state index in [0.717, 1.165) is 21.5 Å². The molecule has 0 spiro atoms. The average Bonchev–Trinajstić information content (AvgIpc) is 3.30. The summed E-state index contributed by atoms with van der Waals surface area (Å²) in [7, 11) is -0.571. The first-order valence-electron chi connectivity index (χ1n) is 8.94. The van der Waals surface area contributed by atoms with Crippen LogP contribution >= 0.6 is 11.8 Å². The van der Waals surface area contributed by atoms with Crippen molar-refractivity contribution in [2.75, 3.05) is 19.8 Å². The quantitative estimate of drug-likeness (QED) is 0.400. The molecule has 0 aliphatic rings. The Labute approximate surface area is 174 Å². The van der Waals surface area contributed by atoms with E-state index in [1.54, 1.807) is 12.3 Å². The molecule has 3 heterocycles. The summed E-state index contributed by atoms with van der Waals surface area (Å²) in [6.45, 7) is 4.47. The number of hydrogen-bond acceptors (Lipinski definition) is 6. The van der Waals surface area contributed by atoms with E-state index >= 15 is 0 Å². The first-order valence-corrected chi connectivity index (χ1v) is 11.4. The lowest BCUT2D eigenvalue weighted by atomic mass is 10.2. The highest BCUT2D eigenvalue weighted by atomic mass is 32.2. The third-order valence-electron chi connectivity index (χ3n) is 4.61. The minimum Gasteiger partial charge on any atom is -0.467 e. The number of rotatable bonds is 8. The molecular weight excluding hydrogens is 410 g/mol. The molecule has 0 saturated heterocycles. The van der Waals surface area contributed by atoms with Gasteiger partial charge in [-0.2, -0.15) is 0 Å². The standard InChI is InChI=1S/C20H23N3O4S2/c1-14-10-18(15(2)23(14)12-16-6-5-9-27-16)19(24)13-28-20-8-7-17(11-21-20)29(25,26)22(3)4/h5-11H,12-13H2,1-4H3. The van der Waals surface area contributed by atoms with Crippen LogP contribution in [0.2, 0.25) is 0 Å². The number of thioether (sulfide) groups is 1. The lowest BCUT2D eigenvalue weighted by Crippen LogP contribution is -2.22. The molecule has 3 aromatic heterocycles. The monoisotopic (exact) mass is 433 g/mol. The largest absolute Gasteiger partial charge is 0.467 e. The van der Waals surface area contributed by atoms with Gasteiger partial charge < -0.3 is 8.98 Å². The summed E-state index contributed by atoms with van der Waals surface area (Å²) in [5.41, 5.74) is 2.56. The van der Waals surface area contributed by atoms with Crippen LogP contribution in [0.3, 0.4) is 0 Å². The van der Waals surface area contributed by atoms with Crippen molar-refractivity contribution in [3.05, 3.63) is 65.5 Å². The fourth-order valence-corrected chi connectivity index (χ4v) is 4.49. The van der Waals surface area contributed by atoms with Crippen molar-refractivity contribution in [2.24, 2.45) is 0 Å². The number of Topliss-reactive ketones (excluding diaryl/α,β-unsaturated/α-hetero) is 1. The Morgan fingerprint density at radius 3 is 2.59 bits per heavy atom. The lowest BCUT2D eigenvalue weighted by Gasteiger charge is -2.11. The maximum absolute atomic E-state index is 12.7. The predicted octanol–water partition coefficient (Wildman–Crippen LogP) is 3.37. The van der Waals surface area contributed by atoms with Crippen LogP contribution in [0.5, 0.6) is 0 Å². The number of furan rings is 1. The minimum atomic E-state index is -3.51. The van der Waals surface area contributed by atoms with Crippen LogP contribution in [-0.4, -0.2) is 47.9 Å². The smallest absolute Gasteiger partial charge is 0.244 e. The molecule has 0 atom stereocenters. The van der Waals surface area contributed by atoms with E-state index in [1.807, 2.05) is 32.0 Å². The van der Waals surface area contributed by atoms with E-state index in [1.165, 1.54) is 38.1 Å². The Hall–Kier alpha value is -2.36. The van der Waals surface area contributed by atoms with Crippen molar-refractivity contribution in [1.82, 2.24) is 13.9 Å². The van der Waals surface area contributed by atoms with Gasteiger partial charge in [0.25, 0.3) is 0 Å². The fraction of sp³-hybridized carbons (Fsp3) is 0.300. The molecular formula is C20H23N3O4S2. The molecule has 7 nitrogen and oxygen atoms in total. The van der Waals surface area contributed by atoms with Crippen molar-refractivity contribution < 1.29 is 17.6 Å². The zero-order chi connectivity index (χ0) is 21.2. The molecule has 3 rings (SSSR count). The van der Waals surface area contributed by atoms with E-state index in [-0.39, 0.29) is 16.4 Å². The topological polar surface area (TPSA) is 85.4 Å². The predicted molar refractivity (Wildman–Crippen MR) is 112 cm³/mol. The van der Waals surface area contributed by atoms with Crippen LogP contribution < -0.4 is 0 Å². The highest BCUT2D eigenvalue weighted by Crippen LogP contribution is 2.23. The molecule has 0 saturated carbocycles. The Balaban J connectivity index is 1.68. The van der Waals surface area contributed by atoms with Gasteiger partial charge in [-0.05, 0) is 44.2 Å². The summed E-state index contributed by atoms with van der Waals surface area (Å²) in [4.78, 5) is 17.0. The molecule has 0 aromatic carbocycles. The molecule has 0 N–H and O–H groups in total. The minimum absolute atomic E-state index is 0.000541. The second-order valence-corrected chi connectivity index (χ2v) is 9.93. The van der Waals surface area contributed by atoms with Gasteiger partial charge in [-0.25, -0.2) is 17.7 Å². The van der Waals surface area contributed by atoms with Crippen molar-refractivity contribution in [3.63, 3.8) is 0 Å². The first kappa shape index (κ1) is 21.4. The number of carbonyl (C=O) groups is 1. The number of nitrogens with zero attached hydrogens (tertiary/aromatic N) is 3. The van der Waals surface area contributed by atoms with Crippen LogP contribution in [0.15, 0.2) is 57.1 Å². The van der Waals surface area contributed by atoms with Crippen LogP contribution in [0, 0.1) is 13.8 Å². The molecule has 0 unspecified atom stereocenters. The second-order valence-electron chi connectivity index (χ2n) is 6.78. The molecule has 0 bridgehead atoms. The number of pyridine rings is 1. The van der Waals surface area contributed by atoms with Gasteiger partial charge in [-0.3, -0.25) is 4.79 Å². The van der Waals surface area contributed by atoms with Crippen molar-refractivity contribution >= 4 is 27.6 Å². The summed E-state index contributed by atoms with van der Waals surface area (Å²) in [5, 5.41) is 0.598. The van der Waals surface area contributed by atoms with Gasteiger partial charge in [0.15, 0.2) is 5.78 Å². The zero-order valence-corrected chi connectivity index (χ0v) is 18.4. The van der Waals surface area contributed by atoms with E-state index in [0.29, 0.717) is 17.1 Å². The van der Waals surface area contributed by atoms with E-state index in [9.17, 15) is 13.2 Å². The van der Waals surface area contributed by atoms with E-state index in [2.05, 4.69) is 9.55 Å². The fourth-order valence-electron chi connectivity index (χ4n) is 2.92. The average molecular weight is 434 g/mol. The highest BCUT2D eigenvalue weighted by molar-refractivity contribution is 7.99. The third-order valence-corrected chi connectivity index (χ3v) is 7.35. The Kier molecular flexibility index (Phi) is 6.30. The van der Waals surface area contributed by atoms with Crippen LogP contribution in [0.25, 0.3) is 0 Å². The van der Waals surface area contributed by atoms with E-state index < -0.39 is 10.0 Å². The molecule has 9 heteroatoms. The number of sulfonamides is 1. The van der Waals surface area contributed by atoms with Gasteiger partial charge in [-0.15, -0.1) is 0 Å². The Morgan fingerprint density at radius 2 is 2.00 bits per heavy atom. The number of aromatic nitrogens is 2. The number of aryl methyl sites for hydroxylation is 1. The molecule has 0 radical (unpaired) electrons. The maximum Gasteiger partial charge on any atom is 0.244 e. The van der Waals surface area contributed by atoms with Gasteiger partial charge in [0, 0.05) is 37.2 Å². The first-order chi connectivity index (χ1) is 13.7. The van der Waals surface area contributed by atoms with Gasteiger partial charge >= 0.3 is 0 Å². The Morgan fingerprint density at radius 1 is 1.24 bits per heavy atom. The SMILES string of the molecule is Cc1cc(C(=O)CSc2ccc(S(=O)(=O)N(C)C)cn2)c(C)n1Cc1ccco1. The molecule has 154 valence electrons. The molecule has 0 fully saturated rings. The Bertz CT molecular complexity index is 1100. The summed E-state index contributed by atoms with van der Waals surface area (Å²) in [6, 6.07) is 8.76. The summed E-state index contributed by atoms with van der Waals surface area (Å²) in [5.74, 6) is 1.05. The third kappa shape index (κ3) is 4.63. The molecule has 29 heavy (non-hydrogen) atoms. The van der Waals surface area contributed by atoms with Crippen molar-refractivity contribution in [3.8, 4) is 0 Å². The highest BCUT2D eigenvalue weighted by Gasteiger charge is 2.19. The van der Waals surface area contributed by atoms with E-state index in [4.69, 9.17) is 4.42 Å². The van der Waals surface area contributed by atoms with Crippen LogP contribution in [0.4, 0.5) is 0 Å². The maximum atomic E-state index is 12.7. The van der Waals surface area contributed by atoms with Gasteiger partial charge in [-0.1, -0.05) is 11.8 Å². The lowest BCUT2D eigenvalue weighted by molar-refractivity contribution is 0.102. The summed E-state index contributed by atoms with van der Waals surface area (Å²) >= 11 is 1.28. The van der Waals surface area contributed by atoms with Gasteiger partial charge in [0.1, 0.15) is 10.7 Å². The summed E-state index contributed by atoms with van der Waals surface area (Å²) < 4.78 is 32.8. The van der Waals surface area contributed by atoms with Crippen LogP contribution in [-0.2, 0) is 16.6 Å². The van der Waals surface area contributed by atoms with Gasteiger partial charge in [0.2, 0.25) is 10.0 Å². The summed E-state index contributed by atoms with van der Waals surface area (Å²) in [6.07, 6.45) is 2.95. The van der Waals surface area contributed by atoms with Crippen molar-refractivity contribution in [2.45, 2.75) is 30.3 Å². The van der Waals surface area contributed by atoms with Gasteiger partial charge in [0.05, 0.1) is 23.6 Å². The van der Waals surface area contributed by atoms with Crippen molar-refractivity contribution in [1.29, 1.82) is 0 Å². The van der Waals surface area contributed by atoms with Crippen LogP contribution in [0.1, 0.15) is 27.5 Å². The number of hydrogen-bond donors (Lipinski definition) is 0. The zero-order valence-electron chi connectivity index (χ0n) is 16.7. The molecule has 0 aliphatic carbocycles. The number of carbonyl (C=O) groups excluding carboxylic acids is 1. The normalized spacial score (nSPS) is 11.9. The molecule has 3 aromatic rings. The molecule has 0 aliphatic heterocycles. The second kappa shape index (κ2) is 8.56.